The Balaban J connectivity index is 1.47. The normalized spacial score (nSPS) is 39.9. The molecular weight excluding hydrogens is 422 g/mol. The molecule has 4 saturated carbocycles. The number of hydrogen-bond acceptors (Lipinski definition) is 4. The van der Waals surface area contributed by atoms with Crippen LogP contribution in [0.4, 0.5) is 5.69 Å². The minimum Gasteiger partial charge on any atom is -0.379 e. The summed E-state index contributed by atoms with van der Waals surface area (Å²) in [7, 11) is 0. The number of ether oxygens (including phenoxy) is 1. The van der Waals surface area contributed by atoms with Crippen molar-refractivity contribution < 1.29 is 9.53 Å². The first-order valence-electron chi connectivity index (χ1n) is 12.4. The summed E-state index contributed by atoms with van der Waals surface area (Å²) in [6.45, 7) is 7.31. The van der Waals surface area contributed by atoms with E-state index in [0.717, 1.165) is 42.4 Å². The third-order valence-electron chi connectivity index (χ3n) is 8.76. The lowest BCUT2D eigenvalue weighted by atomic mass is 9.53. The zero-order valence-corrected chi connectivity index (χ0v) is 20.0. The molecule has 172 valence electrons. The number of halogens is 1. The van der Waals surface area contributed by atoms with Crippen molar-refractivity contribution in [2.45, 2.75) is 64.0 Å². The summed E-state index contributed by atoms with van der Waals surface area (Å²) in [6.07, 6.45) is 7.76. The number of amidine groups is 1. The molecule has 4 aliphatic carbocycles. The number of hydrogen-bond donors (Lipinski definition) is 0. The molecule has 0 radical (unpaired) electrons. The van der Waals surface area contributed by atoms with Gasteiger partial charge in [-0.1, -0.05) is 11.6 Å². The van der Waals surface area contributed by atoms with Crippen LogP contribution in [0.1, 0.15) is 52.4 Å². The van der Waals surface area contributed by atoms with Crippen LogP contribution in [0.2, 0.25) is 5.02 Å². The Morgan fingerprint density at radius 1 is 0.969 bits per heavy atom. The van der Waals surface area contributed by atoms with Crippen molar-refractivity contribution in [3.63, 3.8) is 0 Å². The summed E-state index contributed by atoms with van der Waals surface area (Å²) in [5, 5.41) is 0.684. The molecule has 6 heteroatoms. The van der Waals surface area contributed by atoms with Crippen molar-refractivity contribution in [2.75, 3.05) is 31.2 Å². The number of nitrogens with zero attached hydrogens (tertiary/aromatic N) is 3. The number of amides is 1. The molecule has 6 aliphatic rings. The third kappa shape index (κ3) is 3.35. The average molecular weight is 456 g/mol. The van der Waals surface area contributed by atoms with E-state index in [1.807, 2.05) is 29.2 Å². The molecule has 2 aliphatic heterocycles. The number of carbonyl (C=O) groups excluding carboxylic acids is 1. The van der Waals surface area contributed by atoms with Gasteiger partial charge in [0.25, 0.3) is 0 Å². The zero-order valence-electron chi connectivity index (χ0n) is 19.2. The smallest absolute Gasteiger partial charge is 0.240 e. The Morgan fingerprint density at radius 3 is 2.09 bits per heavy atom. The number of carbonyl (C=O) groups is 1. The molecule has 0 N–H and O–H groups in total. The van der Waals surface area contributed by atoms with Gasteiger partial charge in [-0.25, -0.2) is 0 Å². The third-order valence-corrected chi connectivity index (χ3v) is 9.02. The molecule has 1 aromatic rings. The lowest BCUT2D eigenvalue weighted by Crippen LogP contribution is -2.54. The molecule has 32 heavy (non-hydrogen) atoms. The highest BCUT2D eigenvalue weighted by atomic mass is 35.5. The zero-order chi connectivity index (χ0) is 22.1. The summed E-state index contributed by atoms with van der Waals surface area (Å²) in [6, 6.07) is 7.66. The second-order valence-corrected chi connectivity index (χ2v) is 11.9. The van der Waals surface area contributed by atoms with E-state index in [1.165, 1.54) is 38.5 Å². The Labute approximate surface area is 196 Å². The summed E-state index contributed by atoms with van der Waals surface area (Å²) < 4.78 is 5.65. The minimum atomic E-state index is -0.544. The lowest BCUT2D eigenvalue weighted by Gasteiger charge is -2.55. The molecule has 1 atom stereocenters. The quantitative estimate of drug-likeness (QED) is 0.658. The molecular formula is C26H34ClN3O2. The maximum atomic E-state index is 13.9. The second-order valence-electron chi connectivity index (χ2n) is 11.5. The van der Waals surface area contributed by atoms with E-state index >= 15 is 0 Å². The average Bonchev–Trinajstić information content (AvgIpc) is 2.93. The van der Waals surface area contributed by atoms with Crippen molar-refractivity contribution in [2.24, 2.45) is 28.2 Å². The lowest BCUT2D eigenvalue weighted by molar-refractivity contribution is -0.126. The molecule has 2 saturated heterocycles. The number of morpholine rings is 1. The van der Waals surface area contributed by atoms with Gasteiger partial charge in [0.1, 0.15) is 5.84 Å². The fourth-order valence-electron chi connectivity index (χ4n) is 7.81. The molecule has 1 aromatic carbocycles. The Bertz CT molecular complexity index is 900. The van der Waals surface area contributed by atoms with Crippen LogP contribution in [0, 0.1) is 23.2 Å². The van der Waals surface area contributed by atoms with Gasteiger partial charge < -0.3 is 4.74 Å². The fraction of sp³-hybridized carbons (Fsp3) is 0.692. The van der Waals surface area contributed by atoms with Gasteiger partial charge in [0.15, 0.2) is 0 Å². The van der Waals surface area contributed by atoms with Crippen molar-refractivity contribution in [1.29, 1.82) is 0 Å². The van der Waals surface area contributed by atoms with Crippen LogP contribution < -0.4 is 4.90 Å². The number of anilines is 1. The molecule has 0 aromatic heterocycles. The van der Waals surface area contributed by atoms with Gasteiger partial charge in [-0.05, 0) is 94.4 Å². The van der Waals surface area contributed by atoms with Crippen LogP contribution in [0.5, 0.6) is 0 Å². The van der Waals surface area contributed by atoms with Crippen molar-refractivity contribution in [1.82, 2.24) is 4.90 Å². The van der Waals surface area contributed by atoms with Crippen LogP contribution in [0.15, 0.2) is 29.3 Å². The van der Waals surface area contributed by atoms with E-state index in [2.05, 4.69) is 18.7 Å². The van der Waals surface area contributed by atoms with Gasteiger partial charge >= 0.3 is 0 Å². The fourth-order valence-corrected chi connectivity index (χ4v) is 7.93. The Hall–Kier alpha value is -1.43. The highest BCUT2D eigenvalue weighted by molar-refractivity contribution is 6.31. The standard InChI is InChI=1S/C26H34ClN3O2/c1-25(2)22(29-7-9-32-10-8-29)23(30(24(25)31)21-5-3-20(27)4-6-21)28-26-14-17-11-18(15-26)13-19(12-17)16-26/h3-6,17-19,22H,7-16H2,1-2H3/t17?,18?,19?,22-,26?/m0/s1. The maximum Gasteiger partial charge on any atom is 0.240 e. The van der Waals surface area contributed by atoms with E-state index in [9.17, 15) is 4.79 Å². The van der Waals surface area contributed by atoms with Gasteiger partial charge in [0.2, 0.25) is 5.91 Å². The summed E-state index contributed by atoms with van der Waals surface area (Å²) in [5.74, 6) is 3.57. The Morgan fingerprint density at radius 2 is 1.53 bits per heavy atom. The first-order chi connectivity index (χ1) is 15.3. The van der Waals surface area contributed by atoms with Gasteiger partial charge in [0.05, 0.1) is 35.9 Å². The first kappa shape index (κ1) is 21.1. The van der Waals surface area contributed by atoms with Crippen LogP contribution in [0.25, 0.3) is 0 Å². The molecule has 1 amide bonds. The first-order valence-corrected chi connectivity index (χ1v) is 12.7. The molecule has 5 nitrogen and oxygen atoms in total. The number of aliphatic imine (C=N–C) groups is 1. The topological polar surface area (TPSA) is 45.1 Å². The maximum absolute atomic E-state index is 13.9. The number of benzene rings is 1. The van der Waals surface area contributed by atoms with Gasteiger partial charge in [0, 0.05) is 18.1 Å². The van der Waals surface area contributed by atoms with E-state index < -0.39 is 5.41 Å². The Kier molecular flexibility index (Phi) is 4.98. The van der Waals surface area contributed by atoms with Crippen molar-refractivity contribution in [3.8, 4) is 0 Å². The predicted octanol–water partition coefficient (Wildman–Crippen LogP) is 4.78. The van der Waals surface area contributed by atoms with Crippen LogP contribution in [-0.4, -0.2) is 54.5 Å². The largest absolute Gasteiger partial charge is 0.379 e. The molecule has 4 bridgehead atoms. The van der Waals surface area contributed by atoms with Crippen LogP contribution in [0.3, 0.4) is 0 Å². The molecule has 0 unspecified atom stereocenters. The SMILES string of the molecule is CC1(C)C(=O)N(c2ccc(Cl)cc2)C(=NC23CC4CC(CC(C4)C2)C3)[C@@H]1N1CCOCC1. The number of rotatable bonds is 3. The van der Waals surface area contributed by atoms with Gasteiger partial charge in [-0.2, -0.15) is 0 Å². The van der Waals surface area contributed by atoms with E-state index in [1.54, 1.807) is 0 Å². The van der Waals surface area contributed by atoms with Gasteiger partial charge in [-0.3, -0.25) is 19.6 Å². The van der Waals surface area contributed by atoms with E-state index in [4.69, 9.17) is 21.3 Å². The minimum absolute atomic E-state index is 0.0139. The van der Waals surface area contributed by atoms with Crippen LogP contribution in [-0.2, 0) is 9.53 Å². The highest BCUT2D eigenvalue weighted by Crippen LogP contribution is 2.58. The monoisotopic (exact) mass is 455 g/mol. The molecule has 0 spiro atoms. The summed E-state index contributed by atoms with van der Waals surface area (Å²) in [5.41, 5.74) is 0.352. The van der Waals surface area contributed by atoms with Crippen LogP contribution >= 0.6 is 11.6 Å². The predicted molar refractivity (Wildman–Crippen MR) is 127 cm³/mol. The van der Waals surface area contributed by atoms with E-state index in [-0.39, 0.29) is 17.5 Å². The second kappa shape index (κ2) is 7.54. The van der Waals surface area contributed by atoms with Crippen molar-refractivity contribution in [3.05, 3.63) is 29.3 Å². The summed E-state index contributed by atoms with van der Waals surface area (Å²) in [4.78, 5) is 23.9. The summed E-state index contributed by atoms with van der Waals surface area (Å²) >= 11 is 6.19. The van der Waals surface area contributed by atoms with Crippen molar-refractivity contribution >= 4 is 29.0 Å². The molecule has 2 heterocycles. The van der Waals surface area contributed by atoms with E-state index in [0.29, 0.717) is 18.2 Å². The van der Waals surface area contributed by atoms with Gasteiger partial charge in [-0.15, -0.1) is 0 Å². The highest BCUT2D eigenvalue weighted by Gasteiger charge is 2.57. The molecule has 6 fully saturated rings. The molecule has 7 rings (SSSR count).